The summed E-state index contributed by atoms with van der Waals surface area (Å²) in [4.78, 5) is 0. The summed E-state index contributed by atoms with van der Waals surface area (Å²) in [6, 6.07) is 10.4. The lowest BCUT2D eigenvalue weighted by molar-refractivity contribution is 0.766. The van der Waals surface area contributed by atoms with Crippen LogP contribution in [0, 0.1) is 0 Å². The van der Waals surface area contributed by atoms with Gasteiger partial charge in [0, 0.05) is 24.5 Å². The maximum atomic E-state index is 3.88. The third-order valence-electron chi connectivity index (χ3n) is 6.35. The highest BCUT2D eigenvalue weighted by Gasteiger charge is 2.31. The van der Waals surface area contributed by atoms with E-state index >= 15 is 0 Å². The van der Waals surface area contributed by atoms with Crippen LogP contribution in [0.1, 0.15) is 38.8 Å². The summed E-state index contributed by atoms with van der Waals surface area (Å²) in [5, 5.41) is 7.64. The first-order chi connectivity index (χ1) is 11.7. The van der Waals surface area contributed by atoms with Gasteiger partial charge >= 0.3 is 0 Å². The molecule has 132 valence electrons. The van der Waals surface area contributed by atoms with Gasteiger partial charge in [-0.3, -0.25) is 0 Å². The fourth-order valence-electron chi connectivity index (χ4n) is 4.81. The summed E-state index contributed by atoms with van der Waals surface area (Å²) in [7, 11) is -0.399. The van der Waals surface area contributed by atoms with Crippen molar-refractivity contribution in [1.82, 2.24) is 0 Å². The molecular weight excluding hydrogens is 324 g/mol. The molecule has 3 rings (SSSR count). The fraction of sp³-hybridized carbons (Fsp3) is 0.700. The third-order valence-corrected chi connectivity index (χ3v) is 13.1. The maximum absolute atomic E-state index is 3.88. The van der Waals surface area contributed by atoms with Gasteiger partial charge in [-0.25, -0.2) is 0 Å². The molecule has 0 amide bonds. The average Bonchev–Trinajstić information content (AvgIpc) is 2.63. The Morgan fingerprint density at radius 1 is 0.833 bits per heavy atom. The van der Waals surface area contributed by atoms with E-state index < -0.39 is 0 Å². The van der Waals surface area contributed by atoms with E-state index in [-0.39, 0.29) is 17.6 Å². The van der Waals surface area contributed by atoms with Crippen LogP contribution in [-0.4, -0.2) is 30.7 Å². The Morgan fingerprint density at radius 2 is 1.42 bits per heavy atom. The molecular formula is C20H34N2Si2. The zero-order valence-electron chi connectivity index (χ0n) is 16.0. The lowest BCUT2D eigenvalue weighted by Gasteiger charge is -2.36. The molecule has 0 spiro atoms. The van der Waals surface area contributed by atoms with Gasteiger partial charge in [-0.1, -0.05) is 57.9 Å². The van der Waals surface area contributed by atoms with Crippen molar-refractivity contribution in [3.8, 4) is 0 Å². The predicted octanol–water partition coefficient (Wildman–Crippen LogP) is 5.43. The molecule has 0 saturated carbocycles. The summed E-state index contributed by atoms with van der Waals surface area (Å²) in [5.41, 5.74) is 7.92. The monoisotopic (exact) mass is 358 g/mol. The van der Waals surface area contributed by atoms with E-state index in [0.717, 1.165) is 11.1 Å². The Bertz CT molecular complexity index is 553. The number of nitrogens with one attached hydrogen (secondary N) is 2. The Balaban J connectivity index is 1.82. The first-order valence-electron chi connectivity index (χ1n) is 10.0. The molecule has 2 atom stereocenters. The molecule has 0 aromatic heterocycles. The molecule has 0 fully saturated rings. The maximum Gasteiger partial charge on any atom is 0.0530 e. The number of benzene rings is 1. The van der Waals surface area contributed by atoms with Crippen molar-refractivity contribution in [3.63, 3.8) is 0 Å². The first-order valence-corrected chi connectivity index (χ1v) is 14.0. The van der Waals surface area contributed by atoms with Gasteiger partial charge in [-0.2, -0.15) is 0 Å². The lowest BCUT2D eigenvalue weighted by Crippen LogP contribution is -2.34. The van der Waals surface area contributed by atoms with Gasteiger partial charge in [0.25, 0.3) is 0 Å². The SMILES string of the molecule is CC[Si](CC)C1CNc2c(ccc3c2CC([Si](CC)CC)CN3)C1. The average molecular weight is 359 g/mol. The first kappa shape index (κ1) is 18.1. The Morgan fingerprint density at radius 3 is 2.04 bits per heavy atom. The molecule has 1 aromatic carbocycles. The molecule has 2 radical (unpaired) electrons. The second-order valence-corrected chi connectivity index (χ2v) is 14.5. The molecule has 4 heteroatoms. The van der Waals surface area contributed by atoms with Crippen LogP contribution >= 0.6 is 0 Å². The second kappa shape index (κ2) is 8.09. The van der Waals surface area contributed by atoms with Gasteiger partial charge in [0.2, 0.25) is 0 Å². The number of hydrogen-bond acceptors (Lipinski definition) is 2. The van der Waals surface area contributed by atoms with Crippen molar-refractivity contribution in [3.05, 3.63) is 23.3 Å². The van der Waals surface area contributed by atoms with Crippen molar-refractivity contribution in [1.29, 1.82) is 0 Å². The van der Waals surface area contributed by atoms with Crippen molar-refractivity contribution < 1.29 is 0 Å². The van der Waals surface area contributed by atoms with E-state index in [2.05, 4.69) is 50.5 Å². The predicted molar refractivity (Wildman–Crippen MR) is 112 cm³/mol. The normalized spacial score (nSPS) is 22.8. The van der Waals surface area contributed by atoms with Gasteiger partial charge in [0.05, 0.1) is 17.6 Å². The van der Waals surface area contributed by atoms with Crippen LogP contribution in [0.3, 0.4) is 0 Å². The van der Waals surface area contributed by atoms with Crippen molar-refractivity contribution >= 4 is 29.0 Å². The molecule has 2 unspecified atom stereocenters. The van der Waals surface area contributed by atoms with E-state index in [9.17, 15) is 0 Å². The van der Waals surface area contributed by atoms with Crippen LogP contribution in [0.4, 0.5) is 11.4 Å². The van der Waals surface area contributed by atoms with E-state index in [1.54, 1.807) is 11.1 Å². The molecule has 2 heterocycles. The summed E-state index contributed by atoms with van der Waals surface area (Å²) in [6.07, 6.45) is 2.62. The van der Waals surface area contributed by atoms with Crippen molar-refractivity contribution in [2.75, 3.05) is 23.7 Å². The molecule has 0 saturated heterocycles. The Hall–Kier alpha value is -0.746. The highest BCUT2D eigenvalue weighted by atomic mass is 28.3. The van der Waals surface area contributed by atoms with Gasteiger partial charge in [-0.05, 0) is 41.1 Å². The zero-order chi connectivity index (χ0) is 17.1. The minimum Gasteiger partial charge on any atom is -0.385 e. The quantitative estimate of drug-likeness (QED) is 0.662. The van der Waals surface area contributed by atoms with E-state index in [1.807, 2.05) is 0 Å². The van der Waals surface area contributed by atoms with Crippen LogP contribution in [0.15, 0.2) is 12.1 Å². The number of rotatable bonds is 6. The molecule has 1 aromatic rings. The standard InChI is InChI=1S/C20H34N2Si2/c1-5-23(6-2)16-11-15-9-10-19-18(20(15)22-14-16)12-17(13-21-19)24(7-3)8-4/h9-10,16-17,21-22H,5-8,11-14H2,1-4H3. The summed E-state index contributed by atoms with van der Waals surface area (Å²) in [5.74, 6) is 0. The van der Waals surface area contributed by atoms with Gasteiger partial charge < -0.3 is 10.6 Å². The molecule has 2 aliphatic rings. The molecule has 24 heavy (non-hydrogen) atoms. The summed E-state index contributed by atoms with van der Waals surface area (Å²) < 4.78 is 0. The fourth-order valence-corrected chi connectivity index (χ4v) is 9.90. The largest absolute Gasteiger partial charge is 0.385 e. The highest BCUT2D eigenvalue weighted by molar-refractivity contribution is 6.61. The van der Waals surface area contributed by atoms with Crippen LogP contribution in [-0.2, 0) is 12.8 Å². The number of anilines is 2. The minimum absolute atomic E-state index is 0.191. The molecule has 0 aliphatic carbocycles. The van der Waals surface area contributed by atoms with Gasteiger partial charge in [0.15, 0.2) is 0 Å². The van der Waals surface area contributed by atoms with E-state index in [0.29, 0.717) is 0 Å². The van der Waals surface area contributed by atoms with E-state index in [4.69, 9.17) is 0 Å². The number of fused-ring (bicyclic) bond motifs is 3. The van der Waals surface area contributed by atoms with Crippen LogP contribution in [0.5, 0.6) is 0 Å². The topological polar surface area (TPSA) is 24.1 Å². The molecule has 2 N–H and O–H groups in total. The van der Waals surface area contributed by atoms with Crippen molar-refractivity contribution in [2.24, 2.45) is 0 Å². The molecule has 0 bridgehead atoms. The number of hydrogen-bond donors (Lipinski definition) is 2. The van der Waals surface area contributed by atoms with Crippen LogP contribution in [0.25, 0.3) is 0 Å². The van der Waals surface area contributed by atoms with Gasteiger partial charge in [0.1, 0.15) is 0 Å². The third kappa shape index (κ3) is 3.45. The highest BCUT2D eigenvalue weighted by Crippen LogP contribution is 2.41. The molecule has 2 nitrogen and oxygen atoms in total. The summed E-state index contributed by atoms with van der Waals surface area (Å²) in [6.45, 7) is 12.0. The minimum atomic E-state index is -0.208. The lowest BCUT2D eigenvalue weighted by atomic mass is 9.93. The Labute approximate surface area is 152 Å². The smallest absolute Gasteiger partial charge is 0.0530 e. The molecule has 2 aliphatic heterocycles. The Kier molecular flexibility index (Phi) is 6.09. The van der Waals surface area contributed by atoms with Gasteiger partial charge in [-0.15, -0.1) is 0 Å². The zero-order valence-corrected chi connectivity index (χ0v) is 18.0. The van der Waals surface area contributed by atoms with Crippen LogP contribution in [0.2, 0.25) is 35.3 Å². The second-order valence-electron chi connectivity index (χ2n) is 7.42. The van der Waals surface area contributed by atoms with E-state index in [1.165, 1.54) is 61.5 Å². The summed E-state index contributed by atoms with van der Waals surface area (Å²) >= 11 is 0. The van der Waals surface area contributed by atoms with Crippen molar-refractivity contribution in [2.45, 2.75) is 75.8 Å². The van der Waals surface area contributed by atoms with Crippen LogP contribution < -0.4 is 10.6 Å².